The Balaban J connectivity index is 0.812. The fourth-order valence-electron chi connectivity index (χ4n) is 9.89. The van der Waals surface area contributed by atoms with E-state index in [0.717, 1.165) is 119 Å². The molecule has 1 N–H and O–H groups in total. The number of nitrogens with zero attached hydrogens (tertiary/aromatic N) is 8. The van der Waals surface area contributed by atoms with Gasteiger partial charge in [0.15, 0.2) is 5.76 Å². The van der Waals surface area contributed by atoms with Gasteiger partial charge in [-0.15, -0.1) is 0 Å². The Morgan fingerprint density at radius 3 is 2.19 bits per heavy atom. The highest BCUT2D eigenvalue weighted by Gasteiger charge is 2.59. The summed E-state index contributed by atoms with van der Waals surface area (Å²) in [5.74, 6) is 3.13. The topological polar surface area (TPSA) is 152 Å². The zero-order valence-electron chi connectivity index (χ0n) is 37.9. The normalized spacial score (nSPS) is 24.2. The van der Waals surface area contributed by atoms with Crippen molar-refractivity contribution in [1.82, 2.24) is 35.1 Å². The highest BCUT2D eigenvalue weighted by Crippen LogP contribution is 2.59. The van der Waals surface area contributed by atoms with Crippen molar-refractivity contribution in [2.75, 3.05) is 49.1 Å². The molecular weight excluding hydrogens is 793 g/mol. The first-order valence-electron chi connectivity index (χ1n) is 23.6. The van der Waals surface area contributed by atoms with Crippen LogP contribution in [0, 0.1) is 11.3 Å². The molecule has 7 heterocycles. The van der Waals surface area contributed by atoms with Crippen molar-refractivity contribution in [3.05, 3.63) is 61.1 Å². The maximum atomic E-state index is 13.7. The lowest BCUT2D eigenvalue weighted by atomic mass is 9.79. The van der Waals surface area contributed by atoms with E-state index >= 15 is 0 Å². The zero-order chi connectivity index (χ0) is 43.8. The smallest absolute Gasteiger partial charge is 0.438 e. The van der Waals surface area contributed by atoms with E-state index < -0.39 is 18.3 Å². The second-order valence-corrected chi connectivity index (χ2v) is 19.3. The number of hydrogen-bond acceptors (Lipinski definition) is 13. The number of unbranched alkanes of at least 4 members (excludes halogenated alkanes) is 2. The number of aromatic nitrogens is 5. The van der Waals surface area contributed by atoms with Crippen molar-refractivity contribution >= 4 is 36.2 Å². The summed E-state index contributed by atoms with van der Waals surface area (Å²) in [4.78, 5) is 56.0. The van der Waals surface area contributed by atoms with Gasteiger partial charge in [0.2, 0.25) is 23.7 Å². The second kappa shape index (κ2) is 18.0. The number of anilines is 2. The van der Waals surface area contributed by atoms with Crippen LogP contribution in [-0.2, 0) is 18.9 Å². The Hall–Kier alpha value is -4.73. The van der Waals surface area contributed by atoms with Crippen LogP contribution in [0.5, 0.6) is 0 Å². The Morgan fingerprint density at radius 1 is 0.825 bits per heavy atom. The van der Waals surface area contributed by atoms with Crippen LogP contribution in [0.25, 0.3) is 22.5 Å². The number of hydrogen-bond donors (Lipinski definition) is 1. The van der Waals surface area contributed by atoms with Gasteiger partial charge in [-0.3, -0.25) is 9.59 Å². The first-order valence-corrected chi connectivity index (χ1v) is 23.6. The molecule has 4 aromatic rings. The van der Waals surface area contributed by atoms with E-state index in [-0.39, 0.29) is 29.3 Å². The molecule has 3 aromatic heterocycles. The highest BCUT2D eigenvalue weighted by molar-refractivity contribution is 6.61. The Kier molecular flexibility index (Phi) is 12.5. The molecule has 1 spiro atoms. The summed E-state index contributed by atoms with van der Waals surface area (Å²) >= 11 is 0. The van der Waals surface area contributed by atoms with Gasteiger partial charge < -0.3 is 33.7 Å². The van der Waals surface area contributed by atoms with Gasteiger partial charge in [0.1, 0.15) is 11.8 Å². The lowest BCUT2D eigenvalue weighted by Gasteiger charge is -2.47. The van der Waals surface area contributed by atoms with Gasteiger partial charge in [-0.2, -0.15) is 0 Å². The third-order valence-corrected chi connectivity index (χ3v) is 15.1. The molecule has 14 nitrogen and oxygen atoms in total. The van der Waals surface area contributed by atoms with Crippen molar-refractivity contribution in [1.29, 1.82) is 0 Å². The van der Waals surface area contributed by atoms with Gasteiger partial charge >= 0.3 is 7.12 Å². The molecule has 9 rings (SSSR count). The maximum absolute atomic E-state index is 13.7. The Morgan fingerprint density at radius 2 is 1.54 bits per heavy atom. The molecule has 63 heavy (non-hydrogen) atoms. The maximum Gasteiger partial charge on any atom is 0.498 e. The third kappa shape index (κ3) is 9.15. The number of nitrogens with one attached hydrogen (secondary N) is 1. The number of amides is 1. The van der Waals surface area contributed by atoms with E-state index in [9.17, 15) is 9.59 Å². The van der Waals surface area contributed by atoms with E-state index in [2.05, 4.69) is 69.8 Å². The Labute approximate surface area is 372 Å². The van der Waals surface area contributed by atoms with Gasteiger partial charge in [0.25, 0.3) is 0 Å². The summed E-state index contributed by atoms with van der Waals surface area (Å²) < 4.78 is 19.6. The van der Waals surface area contributed by atoms with E-state index in [1.807, 2.05) is 43.8 Å². The Bertz CT molecular complexity index is 2210. The third-order valence-electron chi connectivity index (χ3n) is 15.1. The van der Waals surface area contributed by atoms with Crippen LogP contribution in [0.15, 0.2) is 59.7 Å². The summed E-state index contributed by atoms with van der Waals surface area (Å²) in [6, 6.07) is 8.06. The summed E-state index contributed by atoms with van der Waals surface area (Å²) in [6.07, 6.45) is 19.9. The molecule has 15 heteroatoms. The molecular formula is C48H64BN9O5. The number of oxazole rings is 1. The number of carbonyl (C=O) groups is 2. The first kappa shape index (κ1) is 43.5. The molecule has 1 amide bonds. The van der Waals surface area contributed by atoms with Gasteiger partial charge in [0, 0.05) is 85.8 Å². The molecule has 5 fully saturated rings. The van der Waals surface area contributed by atoms with Crippen LogP contribution in [0.1, 0.15) is 124 Å². The number of benzene rings is 1. The number of carbonyl (C=O) groups excluding carboxylic acids is 2. The van der Waals surface area contributed by atoms with E-state index in [0.29, 0.717) is 42.6 Å². The molecule has 0 radical (unpaired) electrons. The van der Waals surface area contributed by atoms with Crippen LogP contribution in [-0.4, -0.2) is 105 Å². The minimum Gasteiger partial charge on any atom is -0.438 e. The highest BCUT2D eigenvalue weighted by atomic mass is 16.7. The van der Waals surface area contributed by atoms with E-state index in [4.69, 9.17) is 28.7 Å². The van der Waals surface area contributed by atoms with Crippen LogP contribution in [0.4, 0.5) is 11.9 Å². The minimum absolute atomic E-state index is 0.0550. The van der Waals surface area contributed by atoms with E-state index in [1.165, 1.54) is 6.42 Å². The predicted molar refractivity (Wildman–Crippen MR) is 243 cm³/mol. The van der Waals surface area contributed by atoms with Crippen LogP contribution >= 0.6 is 0 Å². The molecule has 1 aliphatic carbocycles. The van der Waals surface area contributed by atoms with Gasteiger partial charge in [-0.25, -0.2) is 24.9 Å². The minimum atomic E-state index is -0.541. The van der Waals surface area contributed by atoms with Crippen LogP contribution in [0.2, 0.25) is 0 Å². The van der Waals surface area contributed by atoms with Crippen molar-refractivity contribution in [3.8, 4) is 22.5 Å². The van der Waals surface area contributed by atoms with Gasteiger partial charge in [0.05, 0.1) is 17.4 Å². The van der Waals surface area contributed by atoms with E-state index in [1.54, 1.807) is 6.20 Å². The van der Waals surface area contributed by atoms with Crippen LogP contribution in [0.3, 0.4) is 0 Å². The molecule has 0 bridgehead atoms. The summed E-state index contributed by atoms with van der Waals surface area (Å²) in [6.45, 7) is 16.6. The van der Waals surface area contributed by atoms with Gasteiger partial charge in [-0.05, 0) is 103 Å². The van der Waals surface area contributed by atoms with Crippen molar-refractivity contribution in [2.45, 2.75) is 135 Å². The van der Waals surface area contributed by atoms with Crippen molar-refractivity contribution in [3.63, 3.8) is 0 Å². The molecule has 4 saturated heterocycles. The first-order chi connectivity index (χ1) is 30.5. The molecule has 4 atom stereocenters. The lowest BCUT2D eigenvalue weighted by molar-refractivity contribution is -0.124. The number of likely N-dealkylation sites (tertiary alicyclic amines) is 1. The summed E-state index contributed by atoms with van der Waals surface area (Å²) in [5.41, 5.74) is 2.73. The largest absolute Gasteiger partial charge is 0.498 e. The number of ketones is 1. The number of rotatable bonds is 18. The SMILES string of the molecule is CCC(=O)CCCCC[C@H](NC(=O)[C@H]1CC12CCN(CC)CC2)c1ncc(-c2ccc(-c3cnc(N4CCC4CC4(C)OB(c5cnc(N6CCC6)nc5)OC4(C)C)nc3)cc2)o1. The fourth-order valence-corrected chi connectivity index (χ4v) is 9.89. The van der Waals surface area contributed by atoms with Gasteiger partial charge in [-0.1, -0.05) is 51.0 Å². The molecule has 5 aliphatic rings. The quantitative estimate of drug-likeness (QED) is 0.0812. The van der Waals surface area contributed by atoms with Crippen LogP contribution < -0.4 is 20.6 Å². The summed E-state index contributed by atoms with van der Waals surface area (Å²) in [5, 5.41) is 3.35. The van der Waals surface area contributed by atoms with Crippen molar-refractivity contribution < 1.29 is 23.3 Å². The second-order valence-electron chi connectivity index (χ2n) is 19.3. The predicted octanol–water partition coefficient (Wildman–Crippen LogP) is 6.96. The lowest BCUT2D eigenvalue weighted by Crippen LogP contribution is -2.56. The zero-order valence-corrected chi connectivity index (χ0v) is 37.9. The average Bonchev–Trinajstić information content (AvgIpc) is 3.61. The number of piperidine rings is 1. The molecule has 4 aliphatic heterocycles. The molecule has 334 valence electrons. The molecule has 1 aromatic carbocycles. The van der Waals surface area contributed by atoms with Crippen molar-refractivity contribution in [2.24, 2.45) is 11.3 Å². The molecule has 2 unspecified atom stereocenters. The molecule has 1 saturated carbocycles. The monoisotopic (exact) mass is 858 g/mol. The fraction of sp³-hybridized carbons (Fsp3) is 0.604. The average molecular weight is 858 g/mol. The standard InChI is InChI=1S/C48H64BN9O5/c1-6-38(59)12-9-8-10-13-40(55-42(60)39-27-48(39)19-24-56(7-2)25-20-48)43-50-32-41(61-43)34-16-14-33(15-17-34)35-28-51-45(52-29-35)58-23-18-37(58)26-47(5)46(3,4)62-49(63-47)36-30-53-44(54-31-36)57-21-11-22-57/h14-17,28-32,37,39-40H,6-13,18-27H2,1-5H3,(H,55,60)/t37?,39-,40+,47?/m1/s1. The number of Topliss-reactive ketones (excluding diaryl/α,β-unsaturated/α-hetero) is 1. The summed E-state index contributed by atoms with van der Waals surface area (Å²) in [7, 11) is -0.528.